The first-order chi connectivity index (χ1) is 48.8. The summed E-state index contributed by atoms with van der Waals surface area (Å²) in [6.45, 7) is 43.6. The molecule has 0 N–H and O–H groups in total. The summed E-state index contributed by atoms with van der Waals surface area (Å²) in [5, 5.41) is 2.98. The van der Waals surface area contributed by atoms with E-state index < -0.39 is 16.1 Å². The average Bonchev–Trinajstić information content (AvgIpc) is 0.715. The van der Waals surface area contributed by atoms with Crippen LogP contribution < -0.4 is 10.4 Å². The molecule has 2 heteroatoms. The lowest BCUT2D eigenvalue weighted by molar-refractivity contribution is 0.437. The third kappa shape index (κ3) is 23.2. The van der Waals surface area contributed by atoms with Crippen molar-refractivity contribution < 1.29 is 0 Å². The summed E-state index contributed by atoms with van der Waals surface area (Å²) in [7, 11) is -2.99. The van der Waals surface area contributed by atoms with Crippen LogP contribution in [-0.2, 0) is 25.7 Å². The van der Waals surface area contributed by atoms with Crippen molar-refractivity contribution in [2.24, 2.45) is 47.3 Å². The zero-order valence-electron chi connectivity index (χ0n) is 67.2. The topological polar surface area (TPSA) is 0 Å². The largest absolute Gasteiger partial charge is 0.0775 e. The van der Waals surface area contributed by atoms with Gasteiger partial charge in [-0.2, -0.15) is 0 Å². The van der Waals surface area contributed by atoms with Crippen molar-refractivity contribution >= 4 is 26.5 Å². The third-order valence-corrected chi connectivity index (χ3v) is 26.7. The molecule has 0 aliphatic rings. The second-order valence-corrected chi connectivity index (χ2v) is 45.9. The molecule has 4 unspecified atom stereocenters. The van der Waals surface area contributed by atoms with Gasteiger partial charge in [0, 0.05) is 0 Å². The summed E-state index contributed by atoms with van der Waals surface area (Å²) in [6.07, 6.45) is 24.8. The van der Waals surface area contributed by atoms with E-state index in [0.717, 1.165) is 49.4 Å². The molecule has 0 nitrogen and oxygen atoms in total. The van der Waals surface area contributed by atoms with Crippen LogP contribution >= 0.6 is 0 Å². The Morgan fingerprint density at radius 1 is 0.186 bits per heavy atom. The van der Waals surface area contributed by atoms with E-state index in [1.54, 1.807) is 0 Å². The van der Waals surface area contributed by atoms with Crippen molar-refractivity contribution in [3.63, 3.8) is 0 Å². The zero-order chi connectivity index (χ0) is 73.1. The summed E-state index contributed by atoms with van der Waals surface area (Å²) < 4.78 is 0. The lowest BCUT2D eigenvalue weighted by atomic mass is 9.73. The minimum absolute atomic E-state index is 0.689. The molecule has 542 valence electrons. The van der Waals surface area contributed by atoms with Crippen LogP contribution in [0.2, 0.25) is 39.3 Å². The van der Waals surface area contributed by atoms with Crippen LogP contribution in [0.3, 0.4) is 0 Å². The molecule has 102 heavy (non-hydrogen) atoms. The summed E-state index contributed by atoms with van der Waals surface area (Å²) in [6, 6.07) is 78.6. The van der Waals surface area contributed by atoms with Gasteiger partial charge >= 0.3 is 0 Å². The monoisotopic (exact) mass is 1390 g/mol. The molecule has 0 saturated heterocycles. The first kappa shape index (κ1) is 79.5. The van der Waals surface area contributed by atoms with Crippen molar-refractivity contribution in [2.45, 2.75) is 251 Å². The number of benzene rings is 9. The van der Waals surface area contributed by atoms with Crippen LogP contribution in [0.15, 0.2) is 194 Å². The Kier molecular flexibility index (Phi) is 29.6. The van der Waals surface area contributed by atoms with Gasteiger partial charge in [-0.15, -0.1) is 0 Å². The minimum atomic E-state index is -1.49. The average molecular weight is 1390 g/mol. The van der Waals surface area contributed by atoms with Crippen LogP contribution in [-0.4, -0.2) is 16.1 Å². The predicted octanol–water partition coefficient (Wildman–Crippen LogP) is 29.7. The summed E-state index contributed by atoms with van der Waals surface area (Å²) >= 11 is 0. The van der Waals surface area contributed by atoms with Crippen LogP contribution in [0.4, 0.5) is 0 Å². The van der Waals surface area contributed by atoms with E-state index in [-0.39, 0.29) is 0 Å². The number of hydrogen-bond donors (Lipinski definition) is 0. The van der Waals surface area contributed by atoms with Gasteiger partial charge in [0.2, 0.25) is 0 Å². The molecule has 0 aliphatic heterocycles. The molecule has 0 fully saturated rings. The minimum Gasteiger partial charge on any atom is -0.0656 e. The fourth-order valence-corrected chi connectivity index (χ4v) is 17.9. The predicted molar refractivity (Wildman–Crippen MR) is 461 cm³/mol. The molecule has 0 radical (unpaired) electrons. The fourth-order valence-electron chi connectivity index (χ4n) is 15.5. The van der Waals surface area contributed by atoms with Gasteiger partial charge in [0.15, 0.2) is 0 Å². The van der Waals surface area contributed by atoms with Gasteiger partial charge in [-0.25, -0.2) is 0 Å². The van der Waals surface area contributed by atoms with Gasteiger partial charge in [0.1, 0.15) is 0 Å². The van der Waals surface area contributed by atoms with Gasteiger partial charge in [-0.3, -0.25) is 0 Å². The molecule has 9 rings (SSSR count). The molecule has 0 heterocycles. The Morgan fingerprint density at radius 3 is 0.510 bits per heavy atom. The number of aryl methyl sites for hydroxylation is 4. The summed E-state index contributed by atoms with van der Waals surface area (Å²) in [5.41, 5.74) is 26.0. The lowest BCUT2D eigenvalue weighted by Gasteiger charge is -2.29. The molecule has 0 aromatic heterocycles. The van der Waals surface area contributed by atoms with E-state index in [1.807, 2.05) is 0 Å². The standard InChI is InChI=1S/C100H134Si2/c1-71(2)23-19-27-75(9)31-35-79-39-47-87(48-40-79)95-96(88-49-41-80(42-50-88)36-32-76(10)28-20-24-72(3)4)100(92-61-57-84(58-62-92)86-65-69-94(70-66-86)102(16,17)18)98(90-53-45-82(46-54-90)38-34-78(12)30-22-26-74(7)8)97(89-51-43-81(44-52-89)37-33-77(11)29-21-25-73(5)6)99(95)91-59-55-83(56-60-91)85-63-67-93(68-64-85)101(13,14)15/h39-78H,19-38H2,1-18H3. The number of hydrogen-bond acceptors (Lipinski definition) is 0. The van der Waals surface area contributed by atoms with Crippen LogP contribution in [0.1, 0.15) is 208 Å². The highest BCUT2D eigenvalue weighted by Gasteiger charge is 2.30. The molecule has 9 aromatic carbocycles. The highest BCUT2D eigenvalue weighted by atomic mass is 28.3. The third-order valence-electron chi connectivity index (χ3n) is 22.6. The van der Waals surface area contributed by atoms with E-state index in [4.69, 9.17) is 0 Å². The van der Waals surface area contributed by atoms with Gasteiger partial charge in [-0.05, 0) is 210 Å². The first-order valence-corrected chi connectivity index (χ1v) is 47.8. The van der Waals surface area contributed by atoms with Crippen LogP contribution in [0.5, 0.6) is 0 Å². The second-order valence-electron chi connectivity index (χ2n) is 35.7. The lowest BCUT2D eigenvalue weighted by Crippen LogP contribution is -2.37. The van der Waals surface area contributed by atoms with Crippen molar-refractivity contribution in [2.75, 3.05) is 0 Å². The molecule has 0 aliphatic carbocycles. The molecular formula is C100H134Si2. The van der Waals surface area contributed by atoms with Gasteiger partial charge in [-0.1, -0.05) is 404 Å². The SMILES string of the molecule is CC(C)CCCC(C)CCc1ccc(-c2c(-c3ccc(CCC(C)CCCC(C)C)cc3)c(-c3ccc(-c4ccc([Si](C)(C)C)cc4)cc3)c(-c3ccc(CCC(C)CCCC(C)C)cc3)c(-c3ccc(CCC(C)CCCC(C)C)cc3)c2-c2ccc(-c3ccc([Si](C)(C)C)cc3)cc2)cc1. The molecule has 0 amide bonds. The van der Waals surface area contributed by atoms with E-state index >= 15 is 0 Å². The highest BCUT2D eigenvalue weighted by molar-refractivity contribution is 6.89. The Bertz CT molecular complexity index is 3520. The fraction of sp³-hybridized carbons (Fsp3) is 0.460. The van der Waals surface area contributed by atoms with E-state index in [0.29, 0.717) is 23.7 Å². The summed E-state index contributed by atoms with van der Waals surface area (Å²) in [5.74, 6) is 5.77. The smallest absolute Gasteiger partial charge is 0.0656 e. The van der Waals surface area contributed by atoms with Crippen LogP contribution in [0.25, 0.3) is 89.0 Å². The summed E-state index contributed by atoms with van der Waals surface area (Å²) in [4.78, 5) is 0. The molecular weight excluding hydrogens is 1260 g/mol. The maximum atomic E-state index is 2.51. The maximum absolute atomic E-state index is 2.51. The first-order valence-electron chi connectivity index (χ1n) is 40.8. The quantitative estimate of drug-likeness (QED) is 0.0338. The van der Waals surface area contributed by atoms with Crippen molar-refractivity contribution in [1.29, 1.82) is 0 Å². The molecule has 0 bridgehead atoms. The molecule has 0 saturated carbocycles. The Balaban J connectivity index is 1.35. The van der Waals surface area contributed by atoms with Gasteiger partial charge in [0.25, 0.3) is 0 Å². The zero-order valence-corrected chi connectivity index (χ0v) is 69.2. The van der Waals surface area contributed by atoms with Crippen molar-refractivity contribution in [1.82, 2.24) is 0 Å². The van der Waals surface area contributed by atoms with Crippen molar-refractivity contribution in [3.8, 4) is 89.0 Å². The Labute approximate surface area is 625 Å². The van der Waals surface area contributed by atoms with E-state index in [1.165, 1.54) is 224 Å². The Morgan fingerprint density at radius 2 is 0.343 bits per heavy atom. The van der Waals surface area contributed by atoms with Crippen LogP contribution in [0, 0.1) is 47.3 Å². The second kappa shape index (κ2) is 37.9. The normalized spacial score (nSPS) is 13.4. The molecule has 9 aromatic rings. The Hall–Kier alpha value is -6.59. The van der Waals surface area contributed by atoms with Crippen molar-refractivity contribution in [3.05, 3.63) is 216 Å². The van der Waals surface area contributed by atoms with Gasteiger partial charge < -0.3 is 0 Å². The van der Waals surface area contributed by atoms with E-state index in [2.05, 4.69) is 316 Å². The number of rotatable bonds is 38. The van der Waals surface area contributed by atoms with E-state index in [9.17, 15) is 0 Å². The van der Waals surface area contributed by atoms with Gasteiger partial charge in [0.05, 0.1) is 16.1 Å². The highest BCUT2D eigenvalue weighted by Crippen LogP contribution is 2.56. The molecule has 4 atom stereocenters. The molecule has 0 spiro atoms. The maximum Gasteiger partial charge on any atom is 0.0775 e.